The van der Waals surface area contributed by atoms with E-state index in [1.807, 2.05) is 32.0 Å². The molecule has 1 amide bonds. The van der Waals surface area contributed by atoms with Crippen LogP contribution in [0.15, 0.2) is 42.5 Å². The maximum absolute atomic E-state index is 12.7. The quantitative estimate of drug-likeness (QED) is 0.0806. The molecule has 4 aliphatic rings. The lowest BCUT2D eigenvalue weighted by atomic mass is 9.98. The summed E-state index contributed by atoms with van der Waals surface area (Å²) in [6, 6.07) is 12.0. The Bertz CT molecular complexity index is 1420. The predicted octanol–water partition coefficient (Wildman–Crippen LogP) is 6.52. The number of hydrogen-bond acceptors (Lipinski definition) is 9. The number of halogens is 1. The van der Waals surface area contributed by atoms with Crippen molar-refractivity contribution in [2.75, 3.05) is 12.5 Å². The third kappa shape index (κ3) is 7.58. The number of amides is 1. The van der Waals surface area contributed by atoms with Crippen molar-refractivity contribution in [1.29, 1.82) is 0 Å². The minimum absolute atomic E-state index is 0.191. The van der Waals surface area contributed by atoms with Gasteiger partial charge >= 0.3 is 11.9 Å². The SMILES string of the molecule is CC1(C)S[C@@H]2[C@H](Cl)C(=O)N2[C@H]1C(=O)OC1OC(=O)c2ccccc21.CCCCCCCC[S+]([O-])C(C)Cc1ccc2c(c1)OCO2. The number of rotatable bonds is 12. The minimum Gasteiger partial charge on any atom is -0.616 e. The average Bonchev–Trinajstić information content (AvgIpc) is 3.71. The van der Waals surface area contributed by atoms with Crippen LogP contribution in [-0.2, 0) is 36.7 Å². The van der Waals surface area contributed by atoms with Crippen molar-refractivity contribution in [2.45, 2.75) is 106 Å². The first-order chi connectivity index (χ1) is 22.0. The summed E-state index contributed by atoms with van der Waals surface area (Å²) in [5, 5.41) is -0.654. The van der Waals surface area contributed by atoms with E-state index in [1.165, 1.54) is 54.3 Å². The van der Waals surface area contributed by atoms with Crippen molar-refractivity contribution in [1.82, 2.24) is 4.90 Å². The molecule has 2 aromatic rings. The summed E-state index contributed by atoms with van der Waals surface area (Å²) in [6.45, 7) is 8.35. The van der Waals surface area contributed by atoms with E-state index in [4.69, 9.17) is 30.5 Å². The molecule has 9 nitrogen and oxygen atoms in total. The molecule has 3 unspecified atom stereocenters. The Morgan fingerprint density at radius 1 is 1.11 bits per heavy atom. The van der Waals surface area contributed by atoms with E-state index in [2.05, 4.69) is 13.8 Å². The van der Waals surface area contributed by atoms with Crippen LogP contribution in [0.25, 0.3) is 0 Å². The number of hydrogen-bond donors (Lipinski definition) is 0. The van der Waals surface area contributed by atoms with Gasteiger partial charge < -0.3 is 28.4 Å². The van der Waals surface area contributed by atoms with E-state index in [9.17, 15) is 18.9 Å². The predicted molar refractivity (Wildman–Crippen MR) is 179 cm³/mol. The summed E-state index contributed by atoms with van der Waals surface area (Å²) in [7, 11) is 0. The summed E-state index contributed by atoms with van der Waals surface area (Å²) in [5.41, 5.74) is 2.07. The standard InChI is InChI=1S/C18H28O3S.C16H14ClNO5S/c1-3-4-5-6-7-8-11-22(19)15(2)12-16-9-10-17-18(13-16)21-14-20-17;1-16(2)10(18-11(19)9(17)12(18)24-16)14(21)23-15-8-6-4-3-5-7(8)13(20)22-15/h9-10,13,15H,3-8,11-12,14H2,1-2H3;3-6,9-10,12,15H,1-2H3/t;9-,10+,12-,15?/m.1/s1. The molecular weight excluding hydrogens is 650 g/mol. The minimum atomic E-state index is -1.08. The Labute approximate surface area is 283 Å². The van der Waals surface area contributed by atoms with Crippen LogP contribution in [0.1, 0.15) is 94.0 Å². The number of alkyl halides is 1. The molecule has 250 valence electrons. The van der Waals surface area contributed by atoms with Gasteiger partial charge in [0.1, 0.15) is 27.8 Å². The number of thioether (sulfide) groups is 1. The third-order valence-corrected chi connectivity index (χ3v) is 12.5. The van der Waals surface area contributed by atoms with Crippen LogP contribution in [0.2, 0.25) is 0 Å². The van der Waals surface area contributed by atoms with Crippen LogP contribution in [-0.4, -0.2) is 66.6 Å². The van der Waals surface area contributed by atoms with E-state index in [-0.39, 0.29) is 16.5 Å². The van der Waals surface area contributed by atoms with Crippen LogP contribution in [0.3, 0.4) is 0 Å². The molecule has 6 atom stereocenters. The topological polar surface area (TPSA) is 114 Å². The third-order valence-electron chi connectivity index (χ3n) is 8.58. The number of unbranched alkanes of at least 4 members (excludes halogenated alkanes) is 5. The molecule has 0 aromatic heterocycles. The largest absolute Gasteiger partial charge is 0.616 e. The number of β-lactam (4-membered cyclic amide) rings is 1. The van der Waals surface area contributed by atoms with Gasteiger partial charge in [-0.2, -0.15) is 0 Å². The molecular formula is C34H42ClNO8S2. The molecule has 2 fully saturated rings. The van der Waals surface area contributed by atoms with Gasteiger partial charge in [0.25, 0.3) is 6.29 Å². The molecule has 0 aliphatic carbocycles. The van der Waals surface area contributed by atoms with Crippen molar-refractivity contribution in [3.05, 3.63) is 59.2 Å². The number of cyclic esters (lactones) is 1. The Kier molecular flexibility index (Phi) is 11.4. The Morgan fingerprint density at radius 3 is 2.61 bits per heavy atom. The second-order valence-corrected chi connectivity index (χ2v) is 16.7. The highest BCUT2D eigenvalue weighted by Gasteiger charge is 2.64. The highest BCUT2D eigenvalue weighted by molar-refractivity contribution is 8.01. The van der Waals surface area contributed by atoms with Crippen LogP contribution in [0.5, 0.6) is 11.5 Å². The summed E-state index contributed by atoms with van der Waals surface area (Å²) in [6.07, 6.45) is 7.24. The Morgan fingerprint density at radius 2 is 1.83 bits per heavy atom. The Balaban J connectivity index is 0.000000182. The summed E-state index contributed by atoms with van der Waals surface area (Å²) >= 11 is 6.75. The van der Waals surface area contributed by atoms with Gasteiger partial charge in [-0.1, -0.05) is 68.0 Å². The molecule has 46 heavy (non-hydrogen) atoms. The molecule has 0 N–H and O–H groups in total. The fourth-order valence-corrected chi connectivity index (χ4v) is 9.23. The molecule has 6 rings (SSSR count). The fourth-order valence-electron chi connectivity index (χ4n) is 6.04. The van der Waals surface area contributed by atoms with Gasteiger partial charge in [0.05, 0.1) is 5.56 Å². The van der Waals surface area contributed by atoms with Crippen LogP contribution in [0.4, 0.5) is 0 Å². The summed E-state index contributed by atoms with van der Waals surface area (Å²) in [4.78, 5) is 38.0. The molecule has 4 aliphatic heterocycles. The first-order valence-corrected chi connectivity index (χ1v) is 18.6. The van der Waals surface area contributed by atoms with Crippen molar-refractivity contribution >= 4 is 52.4 Å². The monoisotopic (exact) mass is 691 g/mol. The van der Waals surface area contributed by atoms with E-state index in [0.717, 1.165) is 30.1 Å². The highest BCUT2D eigenvalue weighted by Crippen LogP contribution is 2.53. The van der Waals surface area contributed by atoms with Gasteiger partial charge in [-0.25, -0.2) is 9.59 Å². The molecule has 0 spiro atoms. The van der Waals surface area contributed by atoms with Gasteiger partial charge in [-0.05, 0) is 57.4 Å². The first-order valence-electron chi connectivity index (χ1n) is 15.9. The van der Waals surface area contributed by atoms with E-state index in [1.54, 1.807) is 24.3 Å². The zero-order valence-electron chi connectivity index (χ0n) is 26.7. The zero-order chi connectivity index (χ0) is 33.0. The van der Waals surface area contributed by atoms with Gasteiger partial charge in [-0.15, -0.1) is 23.4 Å². The number of ether oxygens (including phenoxy) is 4. The Hall–Kier alpha value is -2.60. The number of fused-ring (bicyclic) bond motifs is 3. The number of carbonyl (C=O) groups is 3. The first kappa shape index (κ1) is 34.7. The maximum Gasteiger partial charge on any atom is 0.342 e. The van der Waals surface area contributed by atoms with Gasteiger partial charge in [0, 0.05) is 16.7 Å². The number of carbonyl (C=O) groups excluding carboxylic acids is 3. The fraction of sp³-hybridized carbons (Fsp3) is 0.559. The van der Waals surface area contributed by atoms with E-state index in [0.29, 0.717) is 17.9 Å². The summed E-state index contributed by atoms with van der Waals surface area (Å²) < 4.78 is 33.1. The maximum atomic E-state index is 12.7. The van der Waals surface area contributed by atoms with Crippen LogP contribution >= 0.6 is 23.4 Å². The normalized spacial score (nSPS) is 24.6. The molecule has 4 heterocycles. The second kappa shape index (κ2) is 15.1. The van der Waals surface area contributed by atoms with Gasteiger partial charge in [0.2, 0.25) is 12.7 Å². The van der Waals surface area contributed by atoms with Crippen molar-refractivity contribution in [3.8, 4) is 11.5 Å². The van der Waals surface area contributed by atoms with Gasteiger partial charge in [-0.3, -0.25) is 4.79 Å². The number of benzene rings is 2. The molecule has 12 heteroatoms. The smallest absolute Gasteiger partial charge is 0.342 e. The average molecular weight is 692 g/mol. The lowest BCUT2D eigenvalue weighted by molar-refractivity contribution is -0.179. The zero-order valence-corrected chi connectivity index (χ0v) is 29.1. The lowest BCUT2D eigenvalue weighted by Crippen LogP contribution is -2.63. The van der Waals surface area contributed by atoms with Crippen molar-refractivity contribution < 1.29 is 37.9 Å². The molecule has 0 saturated carbocycles. The van der Waals surface area contributed by atoms with Crippen molar-refractivity contribution in [2.24, 2.45) is 0 Å². The molecule has 0 radical (unpaired) electrons. The van der Waals surface area contributed by atoms with Crippen molar-refractivity contribution in [3.63, 3.8) is 0 Å². The second-order valence-electron chi connectivity index (χ2n) is 12.5. The lowest BCUT2D eigenvalue weighted by Gasteiger charge is -2.41. The highest BCUT2D eigenvalue weighted by atomic mass is 35.5. The molecule has 2 aromatic carbocycles. The molecule has 0 bridgehead atoms. The van der Waals surface area contributed by atoms with E-state index < -0.39 is 45.6 Å². The van der Waals surface area contributed by atoms with E-state index >= 15 is 0 Å². The summed E-state index contributed by atoms with van der Waals surface area (Å²) in [5.74, 6) is 1.06. The van der Waals surface area contributed by atoms with Gasteiger partial charge in [0.15, 0.2) is 11.5 Å². The molecule has 2 saturated heterocycles. The number of nitrogens with zero attached hydrogens (tertiary/aromatic N) is 1. The number of esters is 2. The van der Waals surface area contributed by atoms with Crippen LogP contribution in [0, 0.1) is 0 Å². The van der Waals surface area contributed by atoms with Crippen LogP contribution < -0.4 is 9.47 Å².